The smallest absolute Gasteiger partial charge is 0.123 e. The van der Waals surface area contributed by atoms with Crippen LogP contribution >= 0.6 is 11.3 Å². The van der Waals surface area contributed by atoms with Gasteiger partial charge in [0.15, 0.2) is 0 Å². The Morgan fingerprint density at radius 3 is 2.53 bits per heavy atom. The zero-order valence-corrected chi connectivity index (χ0v) is 10.9. The van der Waals surface area contributed by atoms with Gasteiger partial charge in [-0.25, -0.2) is 9.37 Å². The predicted octanol–water partition coefficient (Wildman–Crippen LogP) is 3.83. The molecule has 2 rings (SSSR count). The zero-order chi connectivity index (χ0) is 12.6. The second-order valence-electron chi connectivity index (χ2n) is 4.99. The number of rotatable bonds is 1. The molecule has 0 unspecified atom stereocenters. The van der Waals surface area contributed by atoms with Crippen LogP contribution in [0.1, 0.15) is 25.8 Å². The van der Waals surface area contributed by atoms with Crippen molar-refractivity contribution in [2.24, 2.45) is 0 Å². The van der Waals surface area contributed by atoms with Crippen molar-refractivity contribution in [1.82, 2.24) is 4.98 Å². The lowest BCUT2D eigenvalue weighted by atomic mass is 9.98. The third-order valence-electron chi connectivity index (χ3n) is 2.39. The molecule has 0 aliphatic rings. The van der Waals surface area contributed by atoms with Crippen molar-refractivity contribution in [1.29, 1.82) is 0 Å². The van der Waals surface area contributed by atoms with E-state index in [0.29, 0.717) is 10.7 Å². The Balaban J connectivity index is 2.50. The summed E-state index contributed by atoms with van der Waals surface area (Å²) in [6, 6.07) is 6.36. The molecule has 0 atom stereocenters. The van der Waals surface area contributed by atoms with Gasteiger partial charge in [-0.3, -0.25) is 0 Å². The van der Waals surface area contributed by atoms with Crippen LogP contribution in [0, 0.1) is 5.82 Å². The Labute approximate surface area is 104 Å². The van der Waals surface area contributed by atoms with E-state index in [4.69, 9.17) is 5.73 Å². The summed E-state index contributed by atoms with van der Waals surface area (Å²) >= 11 is 1.47. The second kappa shape index (κ2) is 4.11. The highest BCUT2D eigenvalue weighted by Gasteiger charge is 2.21. The van der Waals surface area contributed by atoms with Gasteiger partial charge in [-0.2, -0.15) is 0 Å². The van der Waals surface area contributed by atoms with Crippen molar-refractivity contribution in [3.63, 3.8) is 0 Å². The lowest BCUT2D eigenvalue weighted by molar-refractivity contribution is 0.586. The standard InChI is InChI=1S/C13H15FN2S/c1-13(2,3)12-16-10(11(15)17-12)8-5-4-6-9(14)7-8/h4-7H,15H2,1-3H3. The lowest BCUT2D eigenvalue weighted by Gasteiger charge is -2.13. The summed E-state index contributed by atoms with van der Waals surface area (Å²) in [7, 11) is 0. The van der Waals surface area contributed by atoms with Crippen molar-refractivity contribution in [2.75, 3.05) is 5.73 Å². The number of nitrogen functional groups attached to an aromatic ring is 1. The maximum Gasteiger partial charge on any atom is 0.123 e. The summed E-state index contributed by atoms with van der Waals surface area (Å²) < 4.78 is 13.2. The van der Waals surface area contributed by atoms with E-state index in [9.17, 15) is 4.39 Å². The van der Waals surface area contributed by atoms with Crippen LogP contribution in [0.4, 0.5) is 9.39 Å². The molecule has 0 saturated carbocycles. The number of hydrogen-bond acceptors (Lipinski definition) is 3. The van der Waals surface area contributed by atoms with Crippen LogP contribution in [0.5, 0.6) is 0 Å². The highest BCUT2D eigenvalue weighted by Crippen LogP contribution is 2.36. The van der Waals surface area contributed by atoms with E-state index in [1.807, 2.05) is 6.07 Å². The van der Waals surface area contributed by atoms with E-state index in [2.05, 4.69) is 25.8 Å². The van der Waals surface area contributed by atoms with Gasteiger partial charge in [-0.05, 0) is 12.1 Å². The summed E-state index contributed by atoms with van der Waals surface area (Å²) in [5.74, 6) is -0.271. The third-order valence-corrected chi connectivity index (χ3v) is 3.70. The first-order valence-electron chi connectivity index (χ1n) is 5.40. The lowest BCUT2D eigenvalue weighted by Crippen LogP contribution is -2.10. The summed E-state index contributed by atoms with van der Waals surface area (Å²) in [5, 5.41) is 1.61. The normalized spacial score (nSPS) is 11.8. The molecule has 4 heteroatoms. The fourth-order valence-electron chi connectivity index (χ4n) is 1.50. The molecule has 2 N–H and O–H groups in total. The number of halogens is 1. The zero-order valence-electron chi connectivity index (χ0n) is 10.1. The molecule has 90 valence electrons. The molecule has 0 aliphatic heterocycles. The Bertz CT molecular complexity index is 541. The number of nitrogens with two attached hydrogens (primary N) is 1. The Morgan fingerprint density at radius 1 is 1.29 bits per heavy atom. The van der Waals surface area contributed by atoms with Crippen LogP contribution in [-0.4, -0.2) is 4.98 Å². The van der Waals surface area contributed by atoms with E-state index < -0.39 is 0 Å². The highest BCUT2D eigenvalue weighted by molar-refractivity contribution is 7.16. The minimum absolute atomic E-state index is 0.0373. The highest BCUT2D eigenvalue weighted by atomic mass is 32.1. The molecule has 0 fully saturated rings. The Morgan fingerprint density at radius 2 is 2.00 bits per heavy atom. The summed E-state index contributed by atoms with van der Waals surface area (Å²) in [6.07, 6.45) is 0. The van der Waals surface area contributed by atoms with Crippen LogP contribution < -0.4 is 5.73 Å². The van der Waals surface area contributed by atoms with Crippen molar-refractivity contribution in [2.45, 2.75) is 26.2 Å². The predicted molar refractivity (Wildman–Crippen MR) is 70.6 cm³/mol. The van der Waals surface area contributed by atoms with Crippen LogP contribution in [0.3, 0.4) is 0 Å². The van der Waals surface area contributed by atoms with Crippen molar-refractivity contribution >= 4 is 16.3 Å². The number of anilines is 1. The quantitative estimate of drug-likeness (QED) is 0.835. The summed E-state index contributed by atoms with van der Waals surface area (Å²) in [6.45, 7) is 6.25. The van der Waals surface area contributed by atoms with Gasteiger partial charge in [0.05, 0.1) is 0 Å². The van der Waals surface area contributed by atoms with Gasteiger partial charge in [0.1, 0.15) is 21.5 Å². The largest absolute Gasteiger partial charge is 0.389 e. The topological polar surface area (TPSA) is 38.9 Å². The van der Waals surface area contributed by atoms with E-state index >= 15 is 0 Å². The molecule has 1 aromatic carbocycles. The van der Waals surface area contributed by atoms with E-state index in [0.717, 1.165) is 10.6 Å². The van der Waals surface area contributed by atoms with Gasteiger partial charge in [0, 0.05) is 11.0 Å². The maximum atomic E-state index is 13.2. The number of aromatic nitrogens is 1. The second-order valence-corrected chi connectivity index (χ2v) is 6.02. The number of benzene rings is 1. The SMILES string of the molecule is CC(C)(C)c1nc(-c2cccc(F)c2)c(N)s1. The monoisotopic (exact) mass is 250 g/mol. The van der Waals surface area contributed by atoms with Crippen LogP contribution in [-0.2, 0) is 5.41 Å². The van der Waals surface area contributed by atoms with Crippen LogP contribution in [0.15, 0.2) is 24.3 Å². The van der Waals surface area contributed by atoms with Crippen LogP contribution in [0.2, 0.25) is 0 Å². The Hall–Kier alpha value is -1.42. The molecule has 0 aliphatic carbocycles. The molecular weight excluding hydrogens is 235 g/mol. The van der Waals surface area contributed by atoms with Crippen molar-refractivity contribution in [3.8, 4) is 11.3 Å². The van der Waals surface area contributed by atoms with Gasteiger partial charge < -0.3 is 5.73 Å². The van der Waals surface area contributed by atoms with Gasteiger partial charge in [-0.15, -0.1) is 11.3 Å². The molecule has 2 nitrogen and oxygen atoms in total. The van der Waals surface area contributed by atoms with Crippen LogP contribution in [0.25, 0.3) is 11.3 Å². The minimum Gasteiger partial charge on any atom is -0.389 e. The molecule has 17 heavy (non-hydrogen) atoms. The van der Waals surface area contributed by atoms with Crippen molar-refractivity contribution in [3.05, 3.63) is 35.1 Å². The number of hydrogen-bond donors (Lipinski definition) is 1. The van der Waals surface area contributed by atoms with E-state index in [1.165, 1.54) is 23.5 Å². The molecule has 1 heterocycles. The molecule has 0 saturated heterocycles. The van der Waals surface area contributed by atoms with E-state index in [1.54, 1.807) is 6.07 Å². The molecule has 0 radical (unpaired) electrons. The maximum absolute atomic E-state index is 13.2. The molecule has 0 spiro atoms. The first-order valence-corrected chi connectivity index (χ1v) is 6.22. The summed E-state index contributed by atoms with van der Waals surface area (Å²) in [4.78, 5) is 4.52. The third kappa shape index (κ3) is 2.47. The number of nitrogens with zero attached hydrogens (tertiary/aromatic N) is 1. The minimum atomic E-state index is -0.271. The van der Waals surface area contributed by atoms with E-state index in [-0.39, 0.29) is 11.2 Å². The molecule has 1 aromatic heterocycles. The molecular formula is C13H15FN2S. The first kappa shape index (κ1) is 12.0. The molecule has 0 bridgehead atoms. The fourth-order valence-corrected chi connectivity index (χ4v) is 2.41. The Kier molecular flexibility index (Phi) is 2.91. The fraction of sp³-hybridized carbons (Fsp3) is 0.308. The molecule has 2 aromatic rings. The van der Waals surface area contributed by atoms with Gasteiger partial charge >= 0.3 is 0 Å². The number of thiazole rings is 1. The first-order chi connectivity index (χ1) is 7.88. The average molecular weight is 250 g/mol. The van der Waals surface area contributed by atoms with Gasteiger partial charge in [0.25, 0.3) is 0 Å². The molecule has 0 amide bonds. The summed E-state index contributed by atoms with van der Waals surface area (Å²) in [5.41, 5.74) is 7.33. The average Bonchev–Trinajstić information content (AvgIpc) is 2.60. The van der Waals surface area contributed by atoms with Crippen molar-refractivity contribution < 1.29 is 4.39 Å². The van der Waals surface area contributed by atoms with Gasteiger partial charge in [0.2, 0.25) is 0 Å². The van der Waals surface area contributed by atoms with Gasteiger partial charge in [-0.1, -0.05) is 32.9 Å².